The molecule has 3 rings (SSSR count). The van der Waals surface area contributed by atoms with Crippen LogP contribution in [0.15, 0.2) is 48.5 Å². The first-order valence-corrected chi connectivity index (χ1v) is 10.5. The molecule has 0 unspecified atom stereocenters. The average molecular weight is 594 g/mol. The van der Waals surface area contributed by atoms with E-state index in [1.54, 1.807) is 0 Å². The highest BCUT2D eigenvalue weighted by atomic mass is 19.4. The lowest BCUT2D eigenvalue weighted by atomic mass is 9.91. The molecule has 16 heteroatoms. The fourth-order valence-corrected chi connectivity index (χ4v) is 3.86. The van der Waals surface area contributed by atoms with Gasteiger partial charge in [-0.05, 0) is 29.8 Å². The third-order valence-corrected chi connectivity index (χ3v) is 5.18. The lowest BCUT2D eigenvalue weighted by Crippen LogP contribution is -2.21. The molecule has 0 heterocycles. The highest BCUT2D eigenvalue weighted by molar-refractivity contribution is 5.87. The number of methoxy groups -OCH3 is 2. The summed E-state index contributed by atoms with van der Waals surface area (Å²) in [6.45, 7) is 0. The second-order valence-corrected chi connectivity index (χ2v) is 7.68. The summed E-state index contributed by atoms with van der Waals surface area (Å²) in [5.74, 6) is -4.23. The zero-order chi connectivity index (χ0) is 30.3. The Hall–Kier alpha value is -3.98. The molecule has 0 spiro atoms. The van der Waals surface area contributed by atoms with Gasteiger partial charge in [-0.3, -0.25) is 0 Å². The van der Waals surface area contributed by atoms with Crippen LogP contribution in [0, 0.1) is 0 Å². The van der Waals surface area contributed by atoms with Gasteiger partial charge in [0.1, 0.15) is 0 Å². The molecule has 0 aliphatic heterocycles. The molecule has 0 atom stereocenters. The van der Waals surface area contributed by atoms with E-state index in [-0.39, 0.29) is 6.07 Å². The van der Waals surface area contributed by atoms with Crippen molar-refractivity contribution < 1.29 is 71.6 Å². The maximum atomic E-state index is 13.9. The first-order chi connectivity index (χ1) is 18.3. The molecular formula is C24H14F12O4. The van der Waals surface area contributed by atoms with Crippen LogP contribution in [0.25, 0.3) is 22.3 Å². The quantitative estimate of drug-likeness (QED) is 0.267. The Morgan fingerprint density at radius 2 is 0.925 bits per heavy atom. The number of hydrogen-bond donors (Lipinski definition) is 0. The predicted molar refractivity (Wildman–Crippen MR) is 114 cm³/mol. The number of ether oxygens (including phenoxy) is 4. The van der Waals surface area contributed by atoms with Gasteiger partial charge in [-0.25, -0.2) is 0 Å². The Kier molecular flexibility index (Phi) is 8.05. The Morgan fingerprint density at radius 3 is 1.38 bits per heavy atom. The minimum Gasteiger partial charge on any atom is -0.492 e. The Labute approximate surface area is 216 Å². The first kappa shape index (κ1) is 30.6. The van der Waals surface area contributed by atoms with Gasteiger partial charge in [0.05, 0.1) is 25.3 Å². The summed E-state index contributed by atoms with van der Waals surface area (Å²) in [4.78, 5) is 0. The predicted octanol–water partition coefficient (Wildman–Crippen LogP) is 8.87. The summed E-state index contributed by atoms with van der Waals surface area (Å²) in [5, 5.41) is 0. The molecule has 4 nitrogen and oxygen atoms in total. The number of alkyl halides is 12. The van der Waals surface area contributed by atoms with Crippen molar-refractivity contribution in [1.82, 2.24) is 0 Å². The SMILES string of the molecule is COc1c(-c2cccc(OC(F)(F)F)c2OC(F)(F)F)ccc(-c2cccc(C(F)(F)F)c2C(F)(F)F)c1OC. The molecule has 0 aromatic heterocycles. The molecule has 218 valence electrons. The molecule has 0 bridgehead atoms. The molecule has 0 saturated carbocycles. The van der Waals surface area contributed by atoms with Crippen LogP contribution in [0.1, 0.15) is 11.1 Å². The molecule has 0 aliphatic carbocycles. The van der Waals surface area contributed by atoms with E-state index in [2.05, 4.69) is 9.47 Å². The van der Waals surface area contributed by atoms with Crippen molar-refractivity contribution in [2.75, 3.05) is 14.2 Å². The van der Waals surface area contributed by atoms with Crippen LogP contribution in [0.5, 0.6) is 23.0 Å². The molecular weight excluding hydrogens is 580 g/mol. The van der Waals surface area contributed by atoms with Gasteiger partial charge >= 0.3 is 25.1 Å². The van der Waals surface area contributed by atoms with Gasteiger partial charge in [-0.2, -0.15) is 26.3 Å². The number of benzene rings is 3. The van der Waals surface area contributed by atoms with Crippen molar-refractivity contribution >= 4 is 0 Å². The Balaban J connectivity index is 2.38. The summed E-state index contributed by atoms with van der Waals surface area (Å²) in [7, 11) is 1.77. The van der Waals surface area contributed by atoms with Crippen LogP contribution in [-0.4, -0.2) is 26.9 Å². The van der Waals surface area contributed by atoms with Gasteiger partial charge in [-0.1, -0.05) is 24.3 Å². The molecule has 0 aliphatic rings. The highest BCUT2D eigenvalue weighted by Crippen LogP contribution is 2.53. The van der Waals surface area contributed by atoms with Crippen LogP contribution in [0.2, 0.25) is 0 Å². The average Bonchev–Trinajstić information content (AvgIpc) is 2.80. The molecule has 40 heavy (non-hydrogen) atoms. The number of hydrogen-bond acceptors (Lipinski definition) is 4. The van der Waals surface area contributed by atoms with Crippen LogP contribution in [0.4, 0.5) is 52.7 Å². The minimum atomic E-state index is -5.53. The number of rotatable bonds is 6. The van der Waals surface area contributed by atoms with Crippen molar-refractivity contribution in [2.24, 2.45) is 0 Å². The molecule has 3 aromatic carbocycles. The van der Waals surface area contributed by atoms with Crippen molar-refractivity contribution in [3.63, 3.8) is 0 Å². The lowest BCUT2D eigenvalue weighted by Gasteiger charge is -2.23. The van der Waals surface area contributed by atoms with Crippen LogP contribution >= 0.6 is 0 Å². The van der Waals surface area contributed by atoms with Gasteiger partial charge < -0.3 is 18.9 Å². The summed E-state index contributed by atoms with van der Waals surface area (Å²) in [6.07, 6.45) is -21.9. The summed E-state index contributed by atoms with van der Waals surface area (Å²) >= 11 is 0. The molecule has 0 saturated heterocycles. The summed E-state index contributed by atoms with van der Waals surface area (Å²) < 4.78 is 178. The molecule has 0 fully saturated rings. The van der Waals surface area contributed by atoms with E-state index in [9.17, 15) is 52.7 Å². The fourth-order valence-electron chi connectivity index (χ4n) is 3.86. The zero-order valence-corrected chi connectivity index (χ0v) is 19.8. The third kappa shape index (κ3) is 6.59. The monoisotopic (exact) mass is 594 g/mol. The number of para-hydroxylation sites is 1. The topological polar surface area (TPSA) is 36.9 Å². The van der Waals surface area contributed by atoms with Gasteiger partial charge in [0.2, 0.25) is 0 Å². The highest BCUT2D eigenvalue weighted by Gasteiger charge is 2.45. The van der Waals surface area contributed by atoms with Crippen molar-refractivity contribution in [2.45, 2.75) is 25.1 Å². The normalized spacial score (nSPS) is 12.8. The third-order valence-electron chi connectivity index (χ3n) is 5.18. The van der Waals surface area contributed by atoms with E-state index in [1.807, 2.05) is 0 Å². The smallest absolute Gasteiger partial charge is 0.492 e. The van der Waals surface area contributed by atoms with Crippen LogP contribution in [-0.2, 0) is 12.4 Å². The maximum absolute atomic E-state index is 13.9. The van der Waals surface area contributed by atoms with Gasteiger partial charge in [-0.15, -0.1) is 26.3 Å². The molecule has 0 radical (unpaired) electrons. The largest absolute Gasteiger partial charge is 0.573 e. The summed E-state index contributed by atoms with van der Waals surface area (Å²) in [5.41, 5.74) is -6.98. The van der Waals surface area contributed by atoms with E-state index in [4.69, 9.17) is 9.47 Å². The van der Waals surface area contributed by atoms with Crippen LogP contribution < -0.4 is 18.9 Å². The Bertz CT molecular complexity index is 1370. The van der Waals surface area contributed by atoms with E-state index < -0.39 is 81.5 Å². The first-order valence-electron chi connectivity index (χ1n) is 10.5. The van der Waals surface area contributed by atoms with E-state index in [0.717, 1.165) is 38.5 Å². The standard InChI is InChI=1S/C24H14F12O4/c1-37-19-13(11-5-3-7-15(21(25,26)27)17(11)22(28,29)30)9-10-14(20(19)38-2)12-6-4-8-16(39-23(31,32)33)18(12)40-24(34,35)36/h3-10H,1-2H3. The molecule has 3 aromatic rings. The fraction of sp³-hybridized carbons (Fsp3) is 0.250. The van der Waals surface area contributed by atoms with E-state index >= 15 is 0 Å². The van der Waals surface area contributed by atoms with Crippen molar-refractivity contribution in [3.05, 3.63) is 59.7 Å². The second kappa shape index (κ2) is 10.5. The Morgan fingerprint density at radius 1 is 0.475 bits per heavy atom. The summed E-state index contributed by atoms with van der Waals surface area (Å²) in [6, 6.07) is 5.40. The maximum Gasteiger partial charge on any atom is 0.573 e. The van der Waals surface area contributed by atoms with Crippen LogP contribution in [0.3, 0.4) is 0 Å². The van der Waals surface area contributed by atoms with E-state index in [0.29, 0.717) is 18.2 Å². The molecule has 0 amide bonds. The van der Waals surface area contributed by atoms with Gasteiger partial charge in [0.25, 0.3) is 0 Å². The zero-order valence-electron chi connectivity index (χ0n) is 19.8. The van der Waals surface area contributed by atoms with E-state index in [1.165, 1.54) is 0 Å². The van der Waals surface area contributed by atoms with Crippen molar-refractivity contribution in [3.8, 4) is 45.3 Å². The van der Waals surface area contributed by atoms with Gasteiger partial charge in [0.15, 0.2) is 23.0 Å². The number of halogens is 12. The van der Waals surface area contributed by atoms with Crippen molar-refractivity contribution in [1.29, 1.82) is 0 Å². The second-order valence-electron chi connectivity index (χ2n) is 7.68. The molecule has 0 N–H and O–H groups in total. The lowest BCUT2D eigenvalue weighted by molar-refractivity contribution is -0.287. The minimum absolute atomic E-state index is 0.206. The van der Waals surface area contributed by atoms with Gasteiger partial charge in [0, 0.05) is 16.7 Å².